The molecule has 2 aromatic carbocycles. The van der Waals surface area contributed by atoms with Gasteiger partial charge in [0.15, 0.2) is 16.4 Å². The van der Waals surface area contributed by atoms with E-state index in [0.29, 0.717) is 30.4 Å². The number of rotatable bonds is 2. The number of hydrogen-bond acceptors (Lipinski definition) is 7. The maximum absolute atomic E-state index is 13.9. The maximum atomic E-state index is 13.9. The summed E-state index contributed by atoms with van der Waals surface area (Å²) in [7, 11) is -3.06. The van der Waals surface area contributed by atoms with Crippen LogP contribution < -0.4 is 14.4 Å². The van der Waals surface area contributed by atoms with E-state index in [4.69, 9.17) is 9.47 Å². The zero-order valence-electron chi connectivity index (χ0n) is 14.1. The molecule has 0 saturated carbocycles. The third kappa shape index (κ3) is 2.80. The van der Waals surface area contributed by atoms with Gasteiger partial charge in [-0.1, -0.05) is 0 Å². The van der Waals surface area contributed by atoms with E-state index in [9.17, 15) is 17.6 Å². The number of carbonyl (C=O) groups is 1. The molecule has 2 aliphatic heterocycles. The number of benzene rings is 2. The van der Waals surface area contributed by atoms with E-state index in [0.717, 1.165) is 31.5 Å². The smallest absolute Gasteiger partial charge is 0.351 e. The lowest BCUT2D eigenvalue weighted by Crippen LogP contribution is -2.26. The fraction of sp³-hybridized carbons (Fsp3) is 0.167. The molecule has 140 valence electrons. The van der Waals surface area contributed by atoms with Crippen LogP contribution in [0.3, 0.4) is 0 Å². The molecule has 2 aliphatic rings. The van der Waals surface area contributed by atoms with Gasteiger partial charge in [0.1, 0.15) is 19.0 Å². The lowest BCUT2D eigenvalue weighted by Gasteiger charge is -2.29. The summed E-state index contributed by atoms with van der Waals surface area (Å²) in [6, 6.07) is 8.20. The van der Waals surface area contributed by atoms with Crippen molar-refractivity contribution < 1.29 is 31.8 Å². The second-order valence-electron chi connectivity index (χ2n) is 5.80. The molecule has 0 N–H and O–H groups in total. The van der Waals surface area contributed by atoms with Gasteiger partial charge in [-0.25, -0.2) is 17.6 Å². The molecule has 7 nitrogen and oxygen atoms in total. The number of methoxy groups -OCH3 is 1. The first-order valence-electron chi connectivity index (χ1n) is 7.95. The SMILES string of the molecule is COC(=O)C1=CN(c2ccc3c(c2)OCCO3)c2cc(F)ccc2S1(=O)=O. The molecule has 0 fully saturated rings. The Morgan fingerprint density at radius 3 is 2.59 bits per heavy atom. The van der Waals surface area contributed by atoms with Gasteiger partial charge in [-0.2, -0.15) is 0 Å². The van der Waals surface area contributed by atoms with Crippen LogP contribution >= 0.6 is 0 Å². The fourth-order valence-electron chi connectivity index (χ4n) is 2.94. The molecular formula is C18H14FNO6S. The highest BCUT2D eigenvalue weighted by Gasteiger charge is 2.37. The molecule has 0 aliphatic carbocycles. The van der Waals surface area contributed by atoms with Crippen molar-refractivity contribution in [1.82, 2.24) is 0 Å². The minimum absolute atomic E-state index is 0.0827. The average Bonchev–Trinajstić information content (AvgIpc) is 2.67. The predicted molar refractivity (Wildman–Crippen MR) is 93.3 cm³/mol. The summed E-state index contributed by atoms with van der Waals surface area (Å²) < 4.78 is 55.0. The number of hydrogen-bond donors (Lipinski definition) is 0. The highest BCUT2D eigenvalue weighted by Crippen LogP contribution is 2.42. The van der Waals surface area contributed by atoms with Crippen LogP contribution in [0.25, 0.3) is 0 Å². The molecule has 0 spiro atoms. The monoisotopic (exact) mass is 391 g/mol. The Bertz CT molecular complexity index is 1080. The van der Waals surface area contributed by atoms with Gasteiger partial charge in [-0.3, -0.25) is 0 Å². The van der Waals surface area contributed by atoms with Gasteiger partial charge in [0, 0.05) is 18.0 Å². The summed E-state index contributed by atoms with van der Waals surface area (Å²) in [6.45, 7) is 0.800. The first-order valence-corrected chi connectivity index (χ1v) is 9.44. The molecular weight excluding hydrogens is 377 g/mol. The molecule has 0 radical (unpaired) electrons. The summed E-state index contributed by atoms with van der Waals surface area (Å²) in [5, 5.41) is 0. The molecule has 2 heterocycles. The molecule has 0 aromatic heterocycles. The molecule has 0 atom stereocenters. The van der Waals surface area contributed by atoms with Crippen molar-refractivity contribution in [1.29, 1.82) is 0 Å². The van der Waals surface area contributed by atoms with Crippen molar-refractivity contribution in [3.05, 3.63) is 53.3 Å². The Morgan fingerprint density at radius 1 is 1.11 bits per heavy atom. The van der Waals surface area contributed by atoms with Crippen molar-refractivity contribution in [3.63, 3.8) is 0 Å². The number of esters is 1. The topological polar surface area (TPSA) is 82.1 Å². The van der Waals surface area contributed by atoms with Crippen molar-refractivity contribution in [2.75, 3.05) is 25.2 Å². The van der Waals surface area contributed by atoms with Crippen LogP contribution in [0.15, 0.2) is 52.4 Å². The predicted octanol–water partition coefficient (Wildman–Crippen LogP) is 2.54. The second kappa shape index (κ2) is 6.27. The molecule has 0 unspecified atom stereocenters. The van der Waals surface area contributed by atoms with E-state index >= 15 is 0 Å². The number of nitrogens with zero attached hydrogens (tertiary/aromatic N) is 1. The van der Waals surface area contributed by atoms with E-state index in [1.807, 2.05) is 0 Å². The standard InChI is InChI=1S/C18H14FNO6S/c1-24-18(21)17-10-20(12-3-4-14-15(9-12)26-7-6-25-14)13-8-11(19)2-5-16(13)27(17,22)23/h2-5,8-10H,6-7H2,1H3. The van der Waals surface area contributed by atoms with Crippen molar-refractivity contribution in [3.8, 4) is 11.5 Å². The highest BCUT2D eigenvalue weighted by molar-refractivity contribution is 7.96. The van der Waals surface area contributed by atoms with Gasteiger partial charge in [0.05, 0.1) is 17.7 Å². The summed E-state index contributed by atoms with van der Waals surface area (Å²) in [5.41, 5.74) is 0.557. The molecule has 4 rings (SSSR count). The van der Waals surface area contributed by atoms with Crippen LogP contribution in [-0.2, 0) is 19.4 Å². The molecule has 27 heavy (non-hydrogen) atoms. The molecule has 0 saturated heterocycles. The van der Waals surface area contributed by atoms with Gasteiger partial charge in [0.2, 0.25) is 9.84 Å². The van der Waals surface area contributed by atoms with Crippen LogP contribution in [0, 0.1) is 5.82 Å². The molecule has 9 heteroatoms. The lowest BCUT2D eigenvalue weighted by molar-refractivity contribution is -0.135. The Hall–Kier alpha value is -3.07. The minimum Gasteiger partial charge on any atom is -0.486 e. The average molecular weight is 391 g/mol. The number of halogens is 1. The fourth-order valence-corrected chi connectivity index (χ4v) is 4.40. The van der Waals surface area contributed by atoms with Crippen molar-refractivity contribution >= 4 is 27.2 Å². The summed E-state index contributed by atoms with van der Waals surface area (Å²) in [5.74, 6) is -0.599. The lowest BCUT2D eigenvalue weighted by atomic mass is 10.2. The second-order valence-corrected chi connectivity index (χ2v) is 7.68. The molecule has 2 aromatic rings. The summed E-state index contributed by atoms with van der Waals surface area (Å²) >= 11 is 0. The number of sulfone groups is 1. The van der Waals surface area contributed by atoms with Gasteiger partial charge >= 0.3 is 5.97 Å². The minimum atomic E-state index is -4.15. The molecule has 0 bridgehead atoms. The van der Waals surface area contributed by atoms with Gasteiger partial charge in [-0.05, 0) is 30.3 Å². The Balaban J connectivity index is 1.93. The highest BCUT2D eigenvalue weighted by atomic mass is 32.2. The van der Waals surface area contributed by atoms with E-state index < -0.39 is 26.5 Å². The van der Waals surface area contributed by atoms with Gasteiger partial charge < -0.3 is 19.1 Å². The first kappa shape index (κ1) is 17.3. The Kier molecular flexibility index (Phi) is 4.03. The van der Waals surface area contributed by atoms with Crippen LogP contribution in [0.5, 0.6) is 11.5 Å². The van der Waals surface area contributed by atoms with E-state index in [1.54, 1.807) is 18.2 Å². The quantitative estimate of drug-likeness (QED) is 0.575. The van der Waals surface area contributed by atoms with Crippen molar-refractivity contribution in [2.45, 2.75) is 4.90 Å². The Labute approximate surface area is 154 Å². The van der Waals surface area contributed by atoms with Crippen molar-refractivity contribution in [2.24, 2.45) is 0 Å². The number of carbonyl (C=O) groups excluding carboxylic acids is 1. The third-order valence-electron chi connectivity index (χ3n) is 4.20. The van der Waals surface area contributed by atoms with Crippen LogP contribution in [0.4, 0.5) is 15.8 Å². The normalized spacial score (nSPS) is 17.0. The van der Waals surface area contributed by atoms with E-state index in [1.165, 1.54) is 4.90 Å². The zero-order chi connectivity index (χ0) is 19.2. The third-order valence-corrected chi connectivity index (χ3v) is 5.97. The summed E-state index contributed by atoms with van der Waals surface area (Å²) in [4.78, 5) is 12.7. The van der Waals surface area contributed by atoms with Gasteiger partial charge in [-0.15, -0.1) is 0 Å². The maximum Gasteiger partial charge on any atom is 0.351 e. The van der Waals surface area contributed by atoms with E-state index in [2.05, 4.69) is 4.74 Å². The Morgan fingerprint density at radius 2 is 1.85 bits per heavy atom. The summed E-state index contributed by atoms with van der Waals surface area (Å²) in [6.07, 6.45) is 1.12. The number of ether oxygens (including phenoxy) is 3. The largest absolute Gasteiger partial charge is 0.486 e. The van der Waals surface area contributed by atoms with Crippen LogP contribution in [0.1, 0.15) is 0 Å². The zero-order valence-corrected chi connectivity index (χ0v) is 15.0. The molecule has 0 amide bonds. The van der Waals surface area contributed by atoms with Crippen LogP contribution in [-0.4, -0.2) is 34.7 Å². The first-order chi connectivity index (χ1) is 12.9. The van der Waals surface area contributed by atoms with Crippen LogP contribution in [0.2, 0.25) is 0 Å². The van der Waals surface area contributed by atoms with Gasteiger partial charge in [0.25, 0.3) is 0 Å². The number of fused-ring (bicyclic) bond motifs is 2. The van der Waals surface area contributed by atoms with E-state index in [-0.39, 0.29) is 10.6 Å². The number of anilines is 2.